The summed E-state index contributed by atoms with van der Waals surface area (Å²) in [6.07, 6.45) is 3.91. The van der Waals surface area contributed by atoms with Crippen LogP contribution in [-0.4, -0.2) is 30.2 Å². The molecule has 1 rings (SSSR count). The Labute approximate surface area is 115 Å². The standard InChI is InChI=1S/C14H26N2O3/c1-10(17)16-12-8-6-5-7-11(12)9-15-13(18)19-14(2,3)4/h11-12H,5-9H2,1-4H3,(H,15,18)(H,16,17). The van der Waals surface area contributed by atoms with Crippen molar-refractivity contribution in [1.82, 2.24) is 10.6 Å². The smallest absolute Gasteiger partial charge is 0.407 e. The summed E-state index contributed by atoms with van der Waals surface area (Å²) in [7, 11) is 0. The number of ether oxygens (including phenoxy) is 1. The fourth-order valence-electron chi connectivity index (χ4n) is 2.43. The Balaban J connectivity index is 2.40. The lowest BCUT2D eigenvalue weighted by atomic mass is 9.84. The van der Waals surface area contributed by atoms with E-state index >= 15 is 0 Å². The molecular formula is C14H26N2O3. The maximum atomic E-state index is 11.6. The number of carbonyl (C=O) groups is 2. The van der Waals surface area contributed by atoms with Gasteiger partial charge < -0.3 is 15.4 Å². The van der Waals surface area contributed by atoms with E-state index in [0.29, 0.717) is 12.5 Å². The number of nitrogens with one attached hydrogen (secondary N) is 2. The summed E-state index contributed by atoms with van der Waals surface area (Å²) in [4.78, 5) is 22.8. The zero-order valence-electron chi connectivity index (χ0n) is 12.4. The van der Waals surface area contributed by atoms with Gasteiger partial charge in [-0.05, 0) is 39.5 Å². The van der Waals surface area contributed by atoms with Gasteiger partial charge in [0.2, 0.25) is 5.91 Å². The lowest BCUT2D eigenvalue weighted by Gasteiger charge is -2.32. The van der Waals surface area contributed by atoms with Crippen LogP contribution in [0, 0.1) is 5.92 Å². The molecule has 1 aliphatic carbocycles. The van der Waals surface area contributed by atoms with Crippen molar-refractivity contribution in [2.24, 2.45) is 5.92 Å². The average Bonchev–Trinajstić information content (AvgIpc) is 2.24. The van der Waals surface area contributed by atoms with E-state index in [0.717, 1.165) is 25.7 Å². The first-order chi connectivity index (χ1) is 8.78. The predicted octanol–water partition coefficient (Wildman–Crippen LogP) is 2.21. The van der Waals surface area contributed by atoms with E-state index in [1.807, 2.05) is 20.8 Å². The van der Waals surface area contributed by atoms with Crippen molar-refractivity contribution in [3.8, 4) is 0 Å². The van der Waals surface area contributed by atoms with E-state index in [1.165, 1.54) is 6.92 Å². The SMILES string of the molecule is CC(=O)NC1CCCCC1CNC(=O)OC(C)(C)C. The van der Waals surface area contributed by atoms with Crippen molar-refractivity contribution < 1.29 is 14.3 Å². The molecule has 0 spiro atoms. The molecule has 1 fully saturated rings. The monoisotopic (exact) mass is 270 g/mol. The van der Waals surface area contributed by atoms with Crippen molar-refractivity contribution in [3.63, 3.8) is 0 Å². The molecular weight excluding hydrogens is 244 g/mol. The fraction of sp³-hybridized carbons (Fsp3) is 0.857. The summed E-state index contributed by atoms with van der Waals surface area (Å²) in [6, 6.07) is 0.168. The molecule has 0 aromatic carbocycles. The molecule has 0 aromatic rings. The molecule has 1 aliphatic rings. The van der Waals surface area contributed by atoms with Gasteiger partial charge in [0, 0.05) is 19.5 Å². The zero-order chi connectivity index (χ0) is 14.5. The van der Waals surface area contributed by atoms with Crippen molar-refractivity contribution in [2.45, 2.75) is 65.0 Å². The molecule has 19 heavy (non-hydrogen) atoms. The highest BCUT2D eigenvalue weighted by Gasteiger charge is 2.26. The molecule has 2 amide bonds. The lowest BCUT2D eigenvalue weighted by molar-refractivity contribution is -0.120. The summed E-state index contributed by atoms with van der Waals surface area (Å²) >= 11 is 0. The van der Waals surface area contributed by atoms with Crippen LogP contribution < -0.4 is 10.6 Å². The van der Waals surface area contributed by atoms with Gasteiger partial charge in [-0.3, -0.25) is 4.79 Å². The van der Waals surface area contributed by atoms with Crippen molar-refractivity contribution in [3.05, 3.63) is 0 Å². The molecule has 0 aliphatic heterocycles. The van der Waals surface area contributed by atoms with Crippen LogP contribution in [0.1, 0.15) is 53.4 Å². The third kappa shape index (κ3) is 6.45. The molecule has 110 valence electrons. The van der Waals surface area contributed by atoms with Gasteiger partial charge in [-0.15, -0.1) is 0 Å². The van der Waals surface area contributed by atoms with Crippen LogP contribution in [0.2, 0.25) is 0 Å². The van der Waals surface area contributed by atoms with E-state index < -0.39 is 5.60 Å². The second-order valence-electron chi connectivity index (χ2n) is 6.23. The summed E-state index contributed by atoms with van der Waals surface area (Å²) in [5.74, 6) is 0.291. The minimum absolute atomic E-state index is 0.00540. The minimum Gasteiger partial charge on any atom is -0.444 e. The van der Waals surface area contributed by atoms with Gasteiger partial charge in [0.05, 0.1) is 0 Å². The van der Waals surface area contributed by atoms with Crippen LogP contribution in [0.4, 0.5) is 4.79 Å². The molecule has 0 bridgehead atoms. The van der Waals surface area contributed by atoms with Crippen LogP contribution in [0.25, 0.3) is 0 Å². The highest BCUT2D eigenvalue weighted by atomic mass is 16.6. The van der Waals surface area contributed by atoms with E-state index in [2.05, 4.69) is 10.6 Å². The quantitative estimate of drug-likeness (QED) is 0.826. The van der Waals surface area contributed by atoms with Crippen LogP contribution in [-0.2, 0) is 9.53 Å². The Bertz CT molecular complexity index is 323. The van der Waals surface area contributed by atoms with Gasteiger partial charge in [-0.2, -0.15) is 0 Å². The number of alkyl carbamates (subject to hydrolysis) is 1. The molecule has 0 heterocycles. The van der Waals surface area contributed by atoms with Crippen LogP contribution in [0.3, 0.4) is 0 Å². The minimum atomic E-state index is -0.478. The average molecular weight is 270 g/mol. The third-order valence-electron chi connectivity index (χ3n) is 3.21. The molecule has 0 saturated heterocycles. The summed E-state index contributed by atoms with van der Waals surface area (Å²) in [6.45, 7) is 7.61. The number of hydrogen-bond acceptors (Lipinski definition) is 3. The van der Waals surface area contributed by atoms with Crippen LogP contribution in [0.5, 0.6) is 0 Å². The first-order valence-corrected chi connectivity index (χ1v) is 7.02. The van der Waals surface area contributed by atoms with Gasteiger partial charge in [-0.25, -0.2) is 4.79 Å². The molecule has 5 nitrogen and oxygen atoms in total. The molecule has 2 atom stereocenters. The van der Waals surface area contributed by atoms with Gasteiger partial charge >= 0.3 is 6.09 Å². The van der Waals surface area contributed by atoms with E-state index in [-0.39, 0.29) is 18.0 Å². The third-order valence-corrected chi connectivity index (χ3v) is 3.21. The molecule has 5 heteroatoms. The van der Waals surface area contributed by atoms with Crippen LogP contribution in [0.15, 0.2) is 0 Å². The highest BCUT2D eigenvalue weighted by Crippen LogP contribution is 2.24. The van der Waals surface area contributed by atoms with Gasteiger partial charge in [0.15, 0.2) is 0 Å². The first-order valence-electron chi connectivity index (χ1n) is 7.02. The molecule has 0 aromatic heterocycles. The summed E-state index contributed by atoms with van der Waals surface area (Å²) < 4.78 is 5.21. The fourth-order valence-corrected chi connectivity index (χ4v) is 2.43. The number of hydrogen-bond donors (Lipinski definition) is 2. The van der Waals surface area contributed by atoms with Crippen LogP contribution >= 0.6 is 0 Å². The Morgan fingerprint density at radius 3 is 2.42 bits per heavy atom. The number of amides is 2. The second kappa shape index (κ2) is 6.78. The van der Waals surface area contributed by atoms with Gasteiger partial charge in [0.1, 0.15) is 5.60 Å². The Hall–Kier alpha value is -1.26. The van der Waals surface area contributed by atoms with Crippen molar-refractivity contribution in [1.29, 1.82) is 0 Å². The maximum Gasteiger partial charge on any atom is 0.407 e. The van der Waals surface area contributed by atoms with E-state index in [9.17, 15) is 9.59 Å². The normalized spacial score (nSPS) is 23.6. The van der Waals surface area contributed by atoms with Gasteiger partial charge in [-0.1, -0.05) is 12.8 Å². The van der Waals surface area contributed by atoms with Crippen molar-refractivity contribution >= 4 is 12.0 Å². The zero-order valence-corrected chi connectivity index (χ0v) is 12.4. The number of carbonyl (C=O) groups excluding carboxylic acids is 2. The molecule has 2 N–H and O–H groups in total. The van der Waals surface area contributed by atoms with E-state index in [1.54, 1.807) is 0 Å². The molecule has 0 radical (unpaired) electrons. The molecule has 1 saturated carbocycles. The number of rotatable bonds is 3. The largest absolute Gasteiger partial charge is 0.444 e. The summed E-state index contributed by atoms with van der Waals surface area (Å²) in [5, 5.41) is 5.77. The maximum absolute atomic E-state index is 11.6. The Morgan fingerprint density at radius 1 is 1.21 bits per heavy atom. The second-order valence-corrected chi connectivity index (χ2v) is 6.23. The van der Waals surface area contributed by atoms with E-state index in [4.69, 9.17) is 4.74 Å². The Kier molecular flexibility index (Phi) is 5.63. The predicted molar refractivity (Wildman–Crippen MR) is 73.8 cm³/mol. The lowest BCUT2D eigenvalue weighted by Crippen LogP contribution is -2.46. The molecule has 2 unspecified atom stereocenters. The Morgan fingerprint density at radius 2 is 1.84 bits per heavy atom. The summed E-state index contributed by atoms with van der Waals surface area (Å²) in [5.41, 5.74) is -0.478. The highest BCUT2D eigenvalue weighted by molar-refractivity contribution is 5.73. The van der Waals surface area contributed by atoms with Gasteiger partial charge in [0.25, 0.3) is 0 Å². The first kappa shape index (κ1) is 15.8. The topological polar surface area (TPSA) is 67.4 Å². The van der Waals surface area contributed by atoms with Crippen molar-refractivity contribution in [2.75, 3.05) is 6.54 Å².